The summed E-state index contributed by atoms with van der Waals surface area (Å²) in [6.45, 7) is 4.30. The molecule has 2 rings (SSSR count). The Morgan fingerprint density at radius 1 is 1.41 bits per heavy atom. The van der Waals surface area contributed by atoms with E-state index in [1.165, 1.54) is 0 Å². The summed E-state index contributed by atoms with van der Waals surface area (Å²) in [5.41, 5.74) is 0.595. The summed E-state index contributed by atoms with van der Waals surface area (Å²) in [4.78, 5) is 11.8. The molecule has 1 aromatic carbocycles. The van der Waals surface area contributed by atoms with Crippen molar-refractivity contribution in [2.45, 2.75) is 26.4 Å². The molecule has 0 fully saturated rings. The molecule has 0 saturated carbocycles. The van der Waals surface area contributed by atoms with Gasteiger partial charge in [-0.15, -0.1) is 0 Å². The molecule has 1 aliphatic rings. The van der Waals surface area contributed by atoms with Crippen molar-refractivity contribution < 1.29 is 19.0 Å². The van der Waals surface area contributed by atoms with Crippen molar-refractivity contribution in [2.75, 3.05) is 13.4 Å². The van der Waals surface area contributed by atoms with Crippen molar-refractivity contribution in [3.05, 3.63) is 23.8 Å². The lowest BCUT2D eigenvalue weighted by molar-refractivity contribution is 0.0511. The average molecular weight is 236 g/mol. The third-order valence-corrected chi connectivity index (χ3v) is 2.77. The Morgan fingerprint density at radius 3 is 2.94 bits per heavy atom. The molecule has 1 atom stereocenters. The lowest BCUT2D eigenvalue weighted by Crippen LogP contribution is -2.15. The van der Waals surface area contributed by atoms with Crippen molar-refractivity contribution in [1.82, 2.24) is 0 Å². The van der Waals surface area contributed by atoms with Crippen LogP contribution in [0.2, 0.25) is 0 Å². The number of ketones is 1. The third kappa shape index (κ3) is 2.77. The smallest absolute Gasteiger partial charge is 0.231 e. The van der Waals surface area contributed by atoms with Crippen molar-refractivity contribution in [2.24, 2.45) is 0 Å². The van der Waals surface area contributed by atoms with E-state index in [1.54, 1.807) is 18.2 Å². The molecule has 1 aliphatic heterocycles. The quantitative estimate of drug-likeness (QED) is 0.736. The van der Waals surface area contributed by atoms with Gasteiger partial charge in [-0.3, -0.25) is 4.79 Å². The molecule has 1 heterocycles. The van der Waals surface area contributed by atoms with E-state index in [4.69, 9.17) is 14.2 Å². The van der Waals surface area contributed by atoms with Crippen molar-refractivity contribution in [3.8, 4) is 11.5 Å². The second-order valence-electron chi connectivity index (χ2n) is 4.02. The zero-order chi connectivity index (χ0) is 12.3. The molecular formula is C13H16O4. The number of carbonyl (C=O) groups is 1. The Kier molecular flexibility index (Phi) is 3.64. The van der Waals surface area contributed by atoms with Gasteiger partial charge < -0.3 is 14.2 Å². The first-order valence-corrected chi connectivity index (χ1v) is 5.75. The van der Waals surface area contributed by atoms with Gasteiger partial charge in [0, 0.05) is 5.56 Å². The number of carbonyl (C=O) groups excluding carboxylic acids is 1. The van der Waals surface area contributed by atoms with Gasteiger partial charge in [0.25, 0.3) is 0 Å². The van der Waals surface area contributed by atoms with Gasteiger partial charge in [-0.1, -0.05) is 6.92 Å². The van der Waals surface area contributed by atoms with Crippen LogP contribution in [0.4, 0.5) is 0 Å². The summed E-state index contributed by atoms with van der Waals surface area (Å²) in [5.74, 6) is 1.27. The van der Waals surface area contributed by atoms with Crippen molar-refractivity contribution >= 4 is 5.78 Å². The van der Waals surface area contributed by atoms with Gasteiger partial charge in [-0.2, -0.15) is 0 Å². The van der Waals surface area contributed by atoms with Gasteiger partial charge in [0.05, 0.1) is 6.10 Å². The number of hydrogen-bond acceptors (Lipinski definition) is 4. The molecule has 4 heteroatoms. The molecule has 0 aliphatic carbocycles. The molecular weight excluding hydrogens is 220 g/mol. The molecule has 0 spiro atoms. The molecule has 92 valence electrons. The minimum absolute atomic E-state index is 0.0383. The minimum Gasteiger partial charge on any atom is -0.454 e. The zero-order valence-electron chi connectivity index (χ0n) is 10.1. The predicted molar refractivity (Wildman–Crippen MR) is 62.6 cm³/mol. The van der Waals surface area contributed by atoms with E-state index in [2.05, 4.69) is 0 Å². The van der Waals surface area contributed by atoms with E-state index in [-0.39, 0.29) is 25.3 Å². The summed E-state index contributed by atoms with van der Waals surface area (Å²) in [7, 11) is 0. The minimum atomic E-state index is -0.0383. The fourth-order valence-corrected chi connectivity index (χ4v) is 1.49. The number of fused-ring (bicyclic) bond motifs is 1. The number of hydrogen-bond donors (Lipinski definition) is 0. The monoisotopic (exact) mass is 236 g/mol. The van der Waals surface area contributed by atoms with E-state index < -0.39 is 0 Å². The second kappa shape index (κ2) is 5.19. The number of rotatable bonds is 5. The number of ether oxygens (including phenoxy) is 3. The molecule has 0 amide bonds. The van der Waals surface area contributed by atoms with Crippen LogP contribution in [-0.4, -0.2) is 25.3 Å². The van der Waals surface area contributed by atoms with E-state index >= 15 is 0 Å². The maximum Gasteiger partial charge on any atom is 0.231 e. The van der Waals surface area contributed by atoms with Crippen molar-refractivity contribution in [3.63, 3.8) is 0 Å². The van der Waals surface area contributed by atoms with Crippen LogP contribution in [-0.2, 0) is 4.74 Å². The second-order valence-corrected chi connectivity index (χ2v) is 4.02. The maximum absolute atomic E-state index is 11.8. The summed E-state index contributed by atoms with van der Waals surface area (Å²) < 4.78 is 15.8. The Labute approximate surface area is 100 Å². The Morgan fingerprint density at radius 2 is 2.18 bits per heavy atom. The van der Waals surface area contributed by atoms with Gasteiger partial charge in [-0.25, -0.2) is 0 Å². The summed E-state index contributed by atoms with van der Waals surface area (Å²) in [5, 5.41) is 0. The molecule has 0 aromatic heterocycles. The van der Waals surface area contributed by atoms with Gasteiger partial charge in [0.15, 0.2) is 17.3 Å². The predicted octanol–water partition coefficient (Wildman–Crippen LogP) is 2.41. The van der Waals surface area contributed by atoms with E-state index in [0.717, 1.165) is 6.42 Å². The highest BCUT2D eigenvalue weighted by Crippen LogP contribution is 2.32. The van der Waals surface area contributed by atoms with Gasteiger partial charge in [0.1, 0.15) is 6.61 Å². The third-order valence-electron chi connectivity index (χ3n) is 2.77. The highest BCUT2D eigenvalue weighted by atomic mass is 16.7. The lowest BCUT2D eigenvalue weighted by atomic mass is 10.1. The largest absolute Gasteiger partial charge is 0.454 e. The van der Waals surface area contributed by atoms with Gasteiger partial charge in [-0.05, 0) is 31.5 Å². The van der Waals surface area contributed by atoms with Crippen LogP contribution in [0.1, 0.15) is 30.6 Å². The van der Waals surface area contributed by atoms with Crippen LogP contribution in [0.5, 0.6) is 11.5 Å². The summed E-state index contributed by atoms with van der Waals surface area (Å²) in [6, 6.07) is 5.18. The molecule has 4 nitrogen and oxygen atoms in total. The Hall–Kier alpha value is -1.55. The lowest BCUT2D eigenvalue weighted by Gasteiger charge is -2.09. The van der Waals surface area contributed by atoms with Gasteiger partial charge >= 0.3 is 0 Å². The first-order valence-electron chi connectivity index (χ1n) is 5.75. The maximum atomic E-state index is 11.8. The highest BCUT2D eigenvalue weighted by molar-refractivity contribution is 5.97. The topological polar surface area (TPSA) is 44.8 Å². The molecule has 17 heavy (non-hydrogen) atoms. The molecule has 1 aromatic rings. The number of Topliss-reactive ketones (excluding diaryl/α,β-unsaturated/α-hetero) is 1. The zero-order valence-corrected chi connectivity index (χ0v) is 10.1. The summed E-state index contributed by atoms with van der Waals surface area (Å²) in [6.07, 6.45) is 1.00. The fraction of sp³-hybridized carbons (Fsp3) is 0.462. The first kappa shape index (κ1) is 11.9. The fourth-order valence-electron chi connectivity index (χ4n) is 1.49. The van der Waals surface area contributed by atoms with E-state index in [0.29, 0.717) is 17.1 Å². The molecule has 1 unspecified atom stereocenters. The van der Waals surface area contributed by atoms with Crippen molar-refractivity contribution in [1.29, 1.82) is 0 Å². The molecule has 0 radical (unpaired) electrons. The van der Waals surface area contributed by atoms with Crippen LogP contribution in [0.25, 0.3) is 0 Å². The van der Waals surface area contributed by atoms with E-state index in [1.807, 2.05) is 13.8 Å². The SMILES string of the molecule is CCC(C)OCC(=O)c1ccc2c(c1)OCO2. The van der Waals surface area contributed by atoms with Crippen LogP contribution in [0.3, 0.4) is 0 Å². The normalized spacial score (nSPS) is 14.7. The van der Waals surface area contributed by atoms with Crippen LogP contribution >= 0.6 is 0 Å². The Bertz CT molecular complexity index is 414. The molecule has 0 saturated heterocycles. The average Bonchev–Trinajstić information content (AvgIpc) is 2.82. The highest BCUT2D eigenvalue weighted by Gasteiger charge is 2.16. The first-order chi connectivity index (χ1) is 8.20. The van der Waals surface area contributed by atoms with Crippen LogP contribution in [0.15, 0.2) is 18.2 Å². The van der Waals surface area contributed by atoms with E-state index in [9.17, 15) is 4.79 Å². The summed E-state index contributed by atoms with van der Waals surface area (Å²) >= 11 is 0. The Balaban J connectivity index is 2.00. The van der Waals surface area contributed by atoms with Crippen LogP contribution < -0.4 is 9.47 Å². The van der Waals surface area contributed by atoms with Gasteiger partial charge in [0.2, 0.25) is 6.79 Å². The molecule has 0 bridgehead atoms. The standard InChI is InChI=1S/C13H16O4/c1-3-9(2)15-7-11(14)10-4-5-12-13(6-10)17-8-16-12/h4-6,9H,3,7-8H2,1-2H3. The van der Waals surface area contributed by atoms with Crippen LogP contribution in [0, 0.1) is 0 Å². The molecule has 0 N–H and O–H groups in total. The number of benzene rings is 1.